The first-order valence-electron chi connectivity index (χ1n) is 9.37. The molecule has 3 aromatic carbocycles. The maximum absolute atomic E-state index is 12.8. The molecule has 0 saturated carbocycles. The largest absolute Gasteiger partial charge is 0.340 e. The van der Waals surface area contributed by atoms with Gasteiger partial charge in [0.25, 0.3) is 0 Å². The van der Waals surface area contributed by atoms with Crippen molar-refractivity contribution in [2.45, 2.75) is 15.6 Å². The molecule has 1 fully saturated rings. The van der Waals surface area contributed by atoms with E-state index in [9.17, 15) is 4.79 Å². The van der Waals surface area contributed by atoms with E-state index in [1.54, 1.807) is 16.7 Å². The first kappa shape index (κ1) is 18.7. The fraction of sp³-hybridized carbons (Fsp3) is 0.174. The van der Waals surface area contributed by atoms with Crippen molar-refractivity contribution in [1.29, 1.82) is 0 Å². The van der Waals surface area contributed by atoms with Gasteiger partial charge in [0.1, 0.15) is 5.88 Å². The Labute approximate surface area is 178 Å². The molecule has 146 valence electrons. The quantitative estimate of drug-likeness (QED) is 0.535. The van der Waals surface area contributed by atoms with Crippen molar-refractivity contribution in [2.75, 3.05) is 24.0 Å². The normalized spacial score (nSPS) is 16.9. The number of carbonyl (C=O) groups excluding carboxylic acids is 1. The number of ether oxygens (including phenoxy) is 2. The predicted molar refractivity (Wildman–Crippen MR) is 114 cm³/mol. The van der Waals surface area contributed by atoms with Gasteiger partial charge in [0.15, 0.2) is 0 Å². The van der Waals surface area contributed by atoms with Crippen LogP contribution in [-0.2, 0) is 20.1 Å². The van der Waals surface area contributed by atoms with Crippen LogP contribution in [0.25, 0.3) is 0 Å². The minimum atomic E-state index is -0.979. The fourth-order valence-corrected chi connectivity index (χ4v) is 5.02. The number of benzene rings is 3. The molecule has 0 atom stereocenters. The van der Waals surface area contributed by atoms with Crippen LogP contribution in [-0.4, -0.2) is 25.0 Å². The van der Waals surface area contributed by atoms with Crippen molar-refractivity contribution >= 4 is 40.6 Å². The second kappa shape index (κ2) is 7.50. The first-order valence-corrected chi connectivity index (χ1v) is 10.7. The zero-order chi connectivity index (χ0) is 19.8. The Balaban J connectivity index is 1.67. The van der Waals surface area contributed by atoms with Crippen molar-refractivity contribution in [3.63, 3.8) is 0 Å². The predicted octanol–water partition coefficient (Wildman–Crippen LogP) is 5.30. The SMILES string of the molecule is O=C(CCl)N1c2ccccc2Sc2ccc(C3(c4ccccc4)OCCO3)cc21. The minimum Gasteiger partial charge on any atom is -0.340 e. The summed E-state index contributed by atoms with van der Waals surface area (Å²) < 4.78 is 12.3. The van der Waals surface area contributed by atoms with Crippen molar-refractivity contribution < 1.29 is 14.3 Å². The molecule has 0 spiro atoms. The number of alkyl halides is 1. The number of nitrogens with zero attached hydrogens (tertiary/aromatic N) is 1. The van der Waals surface area contributed by atoms with Crippen molar-refractivity contribution in [2.24, 2.45) is 0 Å². The molecule has 0 radical (unpaired) electrons. The van der Waals surface area contributed by atoms with Crippen LogP contribution >= 0.6 is 23.4 Å². The number of halogens is 1. The molecule has 0 aromatic heterocycles. The monoisotopic (exact) mass is 423 g/mol. The molecule has 0 aliphatic carbocycles. The average molecular weight is 424 g/mol. The van der Waals surface area contributed by atoms with Gasteiger partial charge in [0.2, 0.25) is 11.7 Å². The highest BCUT2D eigenvalue weighted by molar-refractivity contribution is 7.99. The summed E-state index contributed by atoms with van der Waals surface area (Å²) >= 11 is 7.60. The lowest BCUT2D eigenvalue weighted by molar-refractivity contribution is -0.130. The summed E-state index contributed by atoms with van der Waals surface area (Å²) in [6, 6.07) is 23.8. The van der Waals surface area contributed by atoms with Crippen molar-refractivity contribution in [1.82, 2.24) is 0 Å². The van der Waals surface area contributed by atoms with Gasteiger partial charge in [-0.1, -0.05) is 60.3 Å². The van der Waals surface area contributed by atoms with Gasteiger partial charge in [0.05, 0.1) is 24.6 Å². The zero-order valence-corrected chi connectivity index (χ0v) is 17.1. The maximum Gasteiger partial charge on any atom is 0.246 e. The van der Waals surface area contributed by atoms with E-state index in [2.05, 4.69) is 0 Å². The number of hydrogen-bond donors (Lipinski definition) is 0. The molecular weight excluding hydrogens is 406 g/mol. The molecule has 2 aliphatic heterocycles. The fourth-order valence-electron chi connectivity index (χ4n) is 3.86. The molecule has 4 nitrogen and oxygen atoms in total. The van der Waals surface area contributed by atoms with Gasteiger partial charge in [-0.15, -0.1) is 11.6 Å². The van der Waals surface area contributed by atoms with Crippen LogP contribution in [0.5, 0.6) is 0 Å². The van der Waals surface area contributed by atoms with Crippen LogP contribution in [0.15, 0.2) is 82.6 Å². The van der Waals surface area contributed by atoms with E-state index >= 15 is 0 Å². The summed E-state index contributed by atoms with van der Waals surface area (Å²) in [7, 11) is 0. The third-order valence-electron chi connectivity index (χ3n) is 5.12. The van der Waals surface area contributed by atoms with E-state index in [0.29, 0.717) is 13.2 Å². The summed E-state index contributed by atoms with van der Waals surface area (Å²) in [4.78, 5) is 16.5. The smallest absolute Gasteiger partial charge is 0.246 e. The van der Waals surface area contributed by atoms with Crippen LogP contribution < -0.4 is 4.90 Å². The van der Waals surface area contributed by atoms with Gasteiger partial charge in [-0.05, 0) is 24.3 Å². The minimum absolute atomic E-state index is 0.0977. The molecular formula is C23H18ClNO3S. The topological polar surface area (TPSA) is 38.8 Å². The van der Waals surface area contributed by atoms with E-state index in [1.165, 1.54) is 0 Å². The Morgan fingerprint density at radius 2 is 1.59 bits per heavy atom. The lowest BCUT2D eigenvalue weighted by Crippen LogP contribution is -2.32. The second-order valence-electron chi connectivity index (χ2n) is 6.79. The molecule has 1 saturated heterocycles. The van der Waals surface area contributed by atoms with E-state index in [0.717, 1.165) is 32.3 Å². The molecule has 3 aromatic rings. The summed E-state index contributed by atoms with van der Waals surface area (Å²) in [6.45, 7) is 1.02. The third-order valence-corrected chi connectivity index (χ3v) is 6.48. The Morgan fingerprint density at radius 3 is 2.34 bits per heavy atom. The van der Waals surface area contributed by atoms with Crippen LogP contribution in [0, 0.1) is 0 Å². The molecule has 0 unspecified atom stereocenters. The standard InChI is InChI=1S/C23H18ClNO3S/c24-15-22(26)25-18-8-4-5-9-20(18)29-21-11-10-17(14-19(21)25)23(27-12-13-28-23)16-6-2-1-3-7-16/h1-11,14H,12-13,15H2. The number of carbonyl (C=O) groups is 1. The summed E-state index contributed by atoms with van der Waals surface area (Å²) in [5.74, 6) is -1.24. The number of amides is 1. The summed E-state index contributed by atoms with van der Waals surface area (Å²) in [5.41, 5.74) is 3.42. The Hall–Kier alpha value is -2.31. The molecule has 0 bridgehead atoms. The van der Waals surface area contributed by atoms with Crippen molar-refractivity contribution in [3.8, 4) is 0 Å². The molecule has 2 aliphatic rings. The summed E-state index contributed by atoms with van der Waals surface area (Å²) in [5, 5.41) is 0. The highest BCUT2D eigenvalue weighted by Crippen LogP contribution is 2.50. The first-order chi connectivity index (χ1) is 14.2. The van der Waals surface area contributed by atoms with E-state index in [-0.39, 0.29) is 11.8 Å². The number of fused-ring (bicyclic) bond motifs is 2. The molecule has 5 rings (SSSR count). The zero-order valence-electron chi connectivity index (χ0n) is 15.5. The molecule has 1 amide bonds. The van der Waals surface area contributed by atoms with E-state index in [1.807, 2.05) is 72.8 Å². The Bertz CT molecular complexity index is 1070. The molecule has 6 heteroatoms. The van der Waals surface area contributed by atoms with Crippen LogP contribution in [0.2, 0.25) is 0 Å². The molecule has 0 N–H and O–H groups in total. The van der Waals surface area contributed by atoms with Crippen LogP contribution in [0.1, 0.15) is 11.1 Å². The van der Waals surface area contributed by atoms with E-state index < -0.39 is 5.79 Å². The van der Waals surface area contributed by atoms with Gasteiger partial charge >= 0.3 is 0 Å². The maximum atomic E-state index is 12.8. The van der Waals surface area contributed by atoms with Gasteiger partial charge in [-0.25, -0.2) is 0 Å². The van der Waals surface area contributed by atoms with Crippen LogP contribution in [0.3, 0.4) is 0 Å². The lowest BCUT2D eigenvalue weighted by Gasteiger charge is -2.33. The Kier molecular flexibility index (Phi) is 4.84. The number of hydrogen-bond acceptors (Lipinski definition) is 4. The van der Waals surface area contributed by atoms with E-state index in [4.69, 9.17) is 21.1 Å². The molecule has 29 heavy (non-hydrogen) atoms. The second-order valence-corrected chi connectivity index (χ2v) is 8.15. The van der Waals surface area contributed by atoms with Crippen LogP contribution in [0.4, 0.5) is 11.4 Å². The third kappa shape index (κ3) is 3.06. The van der Waals surface area contributed by atoms with Gasteiger partial charge < -0.3 is 9.47 Å². The number of rotatable bonds is 3. The highest BCUT2D eigenvalue weighted by Gasteiger charge is 2.41. The summed E-state index contributed by atoms with van der Waals surface area (Å²) in [6.07, 6.45) is 0. The van der Waals surface area contributed by atoms with Crippen molar-refractivity contribution in [3.05, 3.63) is 83.9 Å². The van der Waals surface area contributed by atoms with Gasteiger partial charge in [0, 0.05) is 20.9 Å². The number of anilines is 2. The average Bonchev–Trinajstić information content (AvgIpc) is 3.28. The number of para-hydroxylation sites is 1. The molecule has 2 heterocycles. The highest BCUT2D eigenvalue weighted by atomic mass is 35.5. The van der Waals surface area contributed by atoms with Gasteiger partial charge in [-0.3, -0.25) is 9.69 Å². The van der Waals surface area contributed by atoms with Gasteiger partial charge in [-0.2, -0.15) is 0 Å². The Morgan fingerprint density at radius 1 is 0.897 bits per heavy atom. The lowest BCUT2D eigenvalue weighted by atomic mass is 9.96.